The molecule has 0 aromatic heterocycles. The first-order valence-corrected chi connectivity index (χ1v) is 6.42. The zero-order chi connectivity index (χ0) is 13.9. The molecular weight excluding hydrogens is 234 g/mol. The number of nitrogens with zero attached hydrogens (tertiary/aromatic N) is 1. The van der Waals surface area contributed by atoms with E-state index in [1.54, 1.807) is 6.92 Å². The molecule has 1 rings (SSSR count). The average Bonchev–Trinajstić information content (AvgIpc) is 2.61. The van der Waals surface area contributed by atoms with Gasteiger partial charge in [0.25, 0.3) is 0 Å². The van der Waals surface area contributed by atoms with Gasteiger partial charge in [-0.05, 0) is 24.7 Å². The summed E-state index contributed by atoms with van der Waals surface area (Å²) in [5.74, 6) is -0.177. The van der Waals surface area contributed by atoms with Crippen LogP contribution in [0.25, 0.3) is 0 Å². The molecule has 0 aliphatic carbocycles. The van der Waals surface area contributed by atoms with Gasteiger partial charge in [-0.3, -0.25) is 4.79 Å². The van der Waals surface area contributed by atoms with Gasteiger partial charge in [0.1, 0.15) is 0 Å². The molecule has 1 aliphatic heterocycles. The lowest BCUT2D eigenvalue weighted by Crippen LogP contribution is -2.45. The van der Waals surface area contributed by atoms with E-state index in [1.165, 1.54) is 4.90 Å². The van der Waals surface area contributed by atoms with Crippen LogP contribution >= 0.6 is 0 Å². The smallest absolute Gasteiger partial charge is 0.407 e. The van der Waals surface area contributed by atoms with Crippen LogP contribution in [-0.2, 0) is 9.53 Å². The van der Waals surface area contributed by atoms with Crippen LogP contribution in [0.15, 0.2) is 0 Å². The van der Waals surface area contributed by atoms with Crippen LogP contribution in [0.5, 0.6) is 0 Å². The number of carbonyl (C=O) groups is 2. The van der Waals surface area contributed by atoms with Crippen LogP contribution in [0.1, 0.15) is 40.5 Å². The van der Waals surface area contributed by atoms with Gasteiger partial charge in [-0.1, -0.05) is 20.8 Å². The molecule has 5 heteroatoms. The number of ether oxygens (including phenoxy) is 1. The summed E-state index contributed by atoms with van der Waals surface area (Å²) in [5.41, 5.74) is -0.175. The normalized spacial score (nSPS) is 24.1. The molecule has 104 valence electrons. The number of hydrogen-bond donors (Lipinski definition) is 1. The van der Waals surface area contributed by atoms with Crippen LogP contribution in [0.4, 0.5) is 4.79 Å². The zero-order valence-corrected chi connectivity index (χ0v) is 11.6. The van der Waals surface area contributed by atoms with Crippen molar-refractivity contribution in [2.24, 2.45) is 11.3 Å². The number of hydrogen-bond acceptors (Lipinski definition) is 3. The van der Waals surface area contributed by atoms with Gasteiger partial charge in [-0.2, -0.15) is 0 Å². The molecule has 2 atom stereocenters. The van der Waals surface area contributed by atoms with Gasteiger partial charge >= 0.3 is 12.1 Å². The van der Waals surface area contributed by atoms with Crippen LogP contribution in [0.3, 0.4) is 0 Å². The fraction of sp³-hybridized carbons (Fsp3) is 0.846. The van der Waals surface area contributed by atoms with Gasteiger partial charge in [0.05, 0.1) is 13.0 Å². The van der Waals surface area contributed by atoms with Crippen LogP contribution in [0.2, 0.25) is 0 Å². The molecule has 5 nitrogen and oxygen atoms in total. The van der Waals surface area contributed by atoms with E-state index < -0.39 is 6.09 Å². The quantitative estimate of drug-likeness (QED) is 0.788. The minimum Gasteiger partial charge on any atom is -0.466 e. The molecule has 1 saturated heterocycles. The van der Waals surface area contributed by atoms with E-state index in [2.05, 4.69) is 0 Å². The minimum absolute atomic E-state index is 0.0557. The first-order valence-electron chi connectivity index (χ1n) is 6.42. The number of esters is 1. The van der Waals surface area contributed by atoms with Gasteiger partial charge in [0.2, 0.25) is 0 Å². The highest BCUT2D eigenvalue weighted by Gasteiger charge is 2.44. The monoisotopic (exact) mass is 257 g/mol. The molecule has 1 aliphatic rings. The largest absolute Gasteiger partial charge is 0.466 e. The zero-order valence-electron chi connectivity index (χ0n) is 11.6. The third kappa shape index (κ3) is 3.37. The molecule has 0 aromatic carbocycles. The Morgan fingerprint density at radius 2 is 2.00 bits per heavy atom. The number of rotatable bonds is 3. The van der Waals surface area contributed by atoms with Crippen molar-refractivity contribution < 1.29 is 19.4 Å². The third-order valence-corrected chi connectivity index (χ3v) is 3.39. The number of carbonyl (C=O) groups excluding carboxylic acids is 1. The summed E-state index contributed by atoms with van der Waals surface area (Å²) in [6.45, 7) is 8.68. The molecular formula is C13H23NO4. The summed E-state index contributed by atoms with van der Waals surface area (Å²) in [5, 5.41) is 9.21. The average molecular weight is 257 g/mol. The van der Waals surface area contributed by atoms with Crippen LogP contribution in [-0.4, -0.2) is 41.3 Å². The summed E-state index contributed by atoms with van der Waals surface area (Å²) < 4.78 is 4.96. The van der Waals surface area contributed by atoms with Crippen molar-refractivity contribution in [1.82, 2.24) is 4.90 Å². The van der Waals surface area contributed by atoms with E-state index in [4.69, 9.17) is 4.74 Å². The summed E-state index contributed by atoms with van der Waals surface area (Å²) in [6, 6.07) is -0.126. The molecule has 1 heterocycles. The molecule has 18 heavy (non-hydrogen) atoms. The maximum atomic E-state index is 11.6. The van der Waals surface area contributed by atoms with Gasteiger partial charge < -0.3 is 14.7 Å². The maximum Gasteiger partial charge on any atom is 0.407 e. The standard InChI is InChI=1S/C13H23NO4/c1-5-18-10(15)8-9-6-7-14(12(16)17)11(9)13(2,3)4/h9,11H,5-8H2,1-4H3,(H,16,17)/t9-,11?/m1/s1. The minimum atomic E-state index is -0.902. The SMILES string of the molecule is CCOC(=O)C[C@H]1CCN(C(=O)O)C1C(C)(C)C. The van der Waals surface area contributed by atoms with E-state index in [1.807, 2.05) is 20.8 Å². The Balaban J connectivity index is 2.79. The predicted molar refractivity (Wildman–Crippen MR) is 67.3 cm³/mol. The van der Waals surface area contributed by atoms with Crippen molar-refractivity contribution in [2.45, 2.75) is 46.6 Å². The van der Waals surface area contributed by atoms with Crippen molar-refractivity contribution >= 4 is 12.1 Å². The van der Waals surface area contributed by atoms with Crippen LogP contribution in [0, 0.1) is 11.3 Å². The highest BCUT2D eigenvalue weighted by atomic mass is 16.5. The van der Waals surface area contributed by atoms with Crippen molar-refractivity contribution in [2.75, 3.05) is 13.2 Å². The lowest BCUT2D eigenvalue weighted by Gasteiger charge is -2.36. The molecule has 0 aromatic rings. The summed E-state index contributed by atoms with van der Waals surface area (Å²) in [7, 11) is 0. The molecule has 1 fully saturated rings. The number of carboxylic acid groups (broad SMARTS) is 1. The van der Waals surface area contributed by atoms with Gasteiger partial charge in [0, 0.05) is 12.6 Å². The topological polar surface area (TPSA) is 66.8 Å². The van der Waals surface area contributed by atoms with E-state index in [9.17, 15) is 14.7 Å². The summed E-state index contributed by atoms with van der Waals surface area (Å²) >= 11 is 0. The van der Waals surface area contributed by atoms with E-state index in [0.717, 1.165) is 6.42 Å². The predicted octanol–water partition coefficient (Wildman–Crippen LogP) is 2.35. The Kier molecular flexibility index (Phi) is 4.59. The molecule has 0 saturated carbocycles. The summed E-state index contributed by atoms with van der Waals surface area (Å²) in [4.78, 5) is 24.2. The molecule has 1 N–H and O–H groups in total. The van der Waals surface area contributed by atoms with Gasteiger partial charge in [-0.15, -0.1) is 0 Å². The van der Waals surface area contributed by atoms with Crippen molar-refractivity contribution in [3.05, 3.63) is 0 Å². The fourth-order valence-electron chi connectivity index (χ4n) is 2.89. The first kappa shape index (κ1) is 14.8. The van der Waals surface area contributed by atoms with Gasteiger partial charge in [-0.25, -0.2) is 4.79 Å². The molecule has 0 radical (unpaired) electrons. The van der Waals surface area contributed by atoms with Crippen molar-refractivity contribution in [3.63, 3.8) is 0 Å². The third-order valence-electron chi connectivity index (χ3n) is 3.39. The van der Waals surface area contributed by atoms with Crippen molar-refractivity contribution in [3.8, 4) is 0 Å². The molecule has 0 bridgehead atoms. The Bertz CT molecular complexity index is 321. The summed E-state index contributed by atoms with van der Waals surface area (Å²) in [6.07, 6.45) is 0.133. The molecule has 0 spiro atoms. The highest BCUT2D eigenvalue weighted by molar-refractivity contribution is 5.70. The molecule has 1 unspecified atom stereocenters. The Hall–Kier alpha value is -1.26. The Morgan fingerprint density at radius 3 is 2.44 bits per heavy atom. The lowest BCUT2D eigenvalue weighted by molar-refractivity contribution is -0.144. The fourth-order valence-corrected chi connectivity index (χ4v) is 2.89. The second kappa shape index (κ2) is 5.59. The second-order valence-corrected chi connectivity index (χ2v) is 5.84. The van der Waals surface area contributed by atoms with Crippen molar-refractivity contribution in [1.29, 1.82) is 0 Å². The molecule has 1 amide bonds. The van der Waals surface area contributed by atoms with E-state index in [0.29, 0.717) is 19.6 Å². The lowest BCUT2D eigenvalue weighted by atomic mass is 9.78. The Morgan fingerprint density at radius 1 is 1.39 bits per heavy atom. The maximum absolute atomic E-state index is 11.6. The van der Waals surface area contributed by atoms with Gasteiger partial charge in [0.15, 0.2) is 0 Å². The highest BCUT2D eigenvalue weighted by Crippen LogP contribution is 2.38. The van der Waals surface area contributed by atoms with E-state index >= 15 is 0 Å². The van der Waals surface area contributed by atoms with Crippen LogP contribution < -0.4 is 0 Å². The second-order valence-electron chi connectivity index (χ2n) is 5.84. The number of amides is 1. The first-order chi connectivity index (χ1) is 8.27. The Labute approximate surface area is 108 Å². The van der Waals surface area contributed by atoms with E-state index in [-0.39, 0.29) is 23.3 Å². The number of likely N-dealkylation sites (tertiary alicyclic amines) is 1.